The lowest BCUT2D eigenvalue weighted by Gasteiger charge is -2.23. The van der Waals surface area contributed by atoms with Gasteiger partial charge in [-0.2, -0.15) is 0 Å². The fourth-order valence-electron chi connectivity index (χ4n) is 1.42. The number of allylic oxidation sites excluding steroid dienone is 2. The first-order valence-electron chi connectivity index (χ1n) is 4.12. The Morgan fingerprint density at radius 3 is 2.64 bits per heavy atom. The summed E-state index contributed by atoms with van der Waals surface area (Å²) in [6, 6.07) is 0. The summed E-state index contributed by atoms with van der Waals surface area (Å²) in [6.45, 7) is 8.09. The number of aliphatic hydroxyl groups excluding tert-OH is 1. The molecule has 1 nitrogen and oxygen atoms in total. The average Bonchev–Trinajstić information content (AvgIpc) is 1.94. The molecule has 1 unspecified atom stereocenters. The molecule has 0 spiro atoms. The lowest BCUT2D eigenvalue weighted by Crippen LogP contribution is -2.16. The van der Waals surface area contributed by atoms with E-state index < -0.39 is 0 Å². The summed E-state index contributed by atoms with van der Waals surface area (Å²) in [5.74, 6) is 0. The van der Waals surface area contributed by atoms with Crippen LogP contribution in [0.3, 0.4) is 0 Å². The Kier molecular flexibility index (Phi) is 2.50. The molecular formula is C10H16O. The van der Waals surface area contributed by atoms with Gasteiger partial charge in [-0.15, -0.1) is 0 Å². The summed E-state index contributed by atoms with van der Waals surface area (Å²) in [4.78, 5) is 0. The standard InChI is InChI=1S/C10H16O/c1-7(2)9-4-5-10(11)8(3)6-9/h10-11H,3-6H2,1-2H3. The zero-order valence-electron chi connectivity index (χ0n) is 7.35. The Bertz CT molecular complexity index is 197. The van der Waals surface area contributed by atoms with Crippen molar-refractivity contribution in [3.63, 3.8) is 0 Å². The van der Waals surface area contributed by atoms with Crippen LogP contribution in [0.1, 0.15) is 33.1 Å². The van der Waals surface area contributed by atoms with E-state index in [1.807, 2.05) is 0 Å². The first-order valence-corrected chi connectivity index (χ1v) is 4.12. The highest BCUT2D eigenvalue weighted by Crippen LogP contribution is 2.28. The van der Waals surface area contributed by atoms with E-state index in [0.29, 0.717) is 0 Å². The molecular weight excluding hydrogens is 136 g/mol. The molecule has 1 rings (SSSR count). The Balaban J connectivity index is 2.68. The summed E-state index contributed by atoms with van der Waals surface area (Å²) in [5.41, 5.74) is 3.82. The Labute approximate surface area is 68.4 Å². The minimum absolute atomic E-state index is 0.252. The first-order chi connectivity index (χ1) is 5.11. The molecule has 0 aromatic heterocycles. The van der Waals surface area contributed by atoms with Crippen molar-refractivity contribution in [2.45, 2.75) is 39.2 Å². The molecule has 62 valence electrons. The van der Waals surface area contributed by atoms with Gasteiger partial charge in [0.1, 0.15) is 0 Å². The van der Waals surface area contributed by atoms with Crippen LogP contribution < -0.4 is 0 Å². The van der Waals surface area contributed by atoms with Crippen molar-refractivity contribution in [2.75, 3.05) is 0 Å². The Morgan fingerprint density at radius 2 is 2.18 bits per heavy atom. The molecule has 1 saturated carbocycles. The number of hydrogen-bond acceptors (Lipinski definition) is 1. The van der Waals surface area contributed by atoms with Crippen LogP contribution in [0.15, 0.2) is 23.3 Å². The summed E-state index contributed by atoms with van der Waals surface area (Å²) in [5, 5.41) is 9.36. The predicted molar refractivity (Wildman–Crippen MR) is 47.4 cm³/mol. The largest absolute Gasteiger partial charge is 0.389 e. The molecule has 0 saturated heterocycles. The molecule has 0 radical (unpaired) electrons. The third kappa shape index (κ3) is 1.93. The fourth-order valence-corrected chi connectivity index (χ4v) is 1.42. The van der Waals surface area contributed by atoms with Crippen molar-refractivity contribution in [1.82, 2.24) is 0 Å². The van der Waals surface area contributed by atoms with E-state index in [2.05, 4.69) is 20.4 Å². The fraction of sp³-hybridized carbons (Fsp3) is 0.600. The molecule has 0 aromatic carbocycles. The van der Waals surface area contributed by atoms with E-state index in [1.165, 1.54) is 11.1 Å². The quantitative estimate of drug-likeness (QED) is 0.528. The normalized spacial score (nSPS) is 25.5. The van der Waals surface area contributed by atoms with E-state index in [-0.39, 0.29) is 6.10 Å². The van der Waals surface area contributed by atoms with Crippen LogP contribution in [0.5, 0.6) is 0 Å². The number of hydrogen-bond donors (Lipinski definition) is 1. The van der Waals surface area contributed by atoms with Gasteiger partial charge in [-0.1, -0.05) is 17.7 Å². The second kappa shape index (κ2) is 3.22. The molecule has 0 bridgehead atoms. The van der Waals surface area contributed by atoms with Gasteiger partial charge in [0.15, 0.2) is 0 Å². The van der Waals surface area contributed by atoms with Crippen LogP contribution in [0.2, 0.25) is 0 Å². The van der Waals surface area contributed by atoms with Crippen LogP contribution in [-0.4, -0.2) is 11.2 Å². The van der Waals surface area contributed by atoms with E-state index in [9.17, 15) is 5.11 Å². The zero-order chi connectivity index (χ0) is 8.43. The van der Waals surface area contributed by atoms with Gasteiger partial charge in [-0.25, -0.2) is 0 Å². The molecule has 0 aliphatic heterocycles. The molecule has 0 amide bonds. The first kappa shape index (κ1) is 8.54. The molecule has 1 heteroatoms. The van der Waals surface area contributed by atoms with Gasteiger partial charge in [0, 0.05) is 0 Å². The molecule has 1 aliphatic carbocycles. The highest BCUT2D eigenvalue weighted by molar-refractivity contribution is 5.23. The van der Waals surface area contributed by atoms with Crippen LogP contribution in [0, 0.1) is 0 Å². The minimum Gasteiger partial charge on any atom is -0.389 e. The molecule has 1 aliphatic rings. The molecule has 1 atom stereocenters. The van der Waals surface area contributed by atoms with Gasteiger partial charge in [-0.05, 0) is 38.7 Å². The third-order valence-corrected chi connectivity index (χ3v) is 2.34. The van der Waals surface area contributed by atoms with E-state index in [1.54, 1.807) is 0 Å². The van der Waals surface area contributed by atoms with Gasteiger partial charge >= 0.3 is 0 Å². The summed E-state index contributed by atoms with van der Waals surface area (Å²) >= 11 is 0. The lowest BCUT2D eigenvalue weighted by atomic mass is 9.87. The summed E-state index contributed by atoms with van der Waals surface area (Å²) < 4.78 is 0. The van der Waals surface area contributed by atoms with Crippen molar-refractivity contribution >= 4 is 0 Å². The van der Waals surface area contributed by atoms with Crippen molar-refractivity contribution in [3.05, 3.63) is 23.3 Å². The van der Waals surface area contributed by atoms with Crippen molar-refractivity contribution in [2.24, 2.45) is 0 Å². The van der Waals surface area contributed by atoms with Gasteiger partial charge in [-0.3, -0.25) is 0 Å². The Hall–Kier alpha value is -0.560. The SMILES string of the molecule is C=C1CC(=C(C)C)CCC1O. The van der Waals surface area contributed by atoms with Crippen molar-refractivity contribution in [1.29, 1.82) is 0 Å². The maximum absolute atomic E-state index is 9.36. The minimum atomic E-state index is -0.252. The maximum atomic E-state index is 9.36. The summed E-state index contributed by atoms with van der Waals surface area (Å²) in [7, 11) is 0. The second-order valence-corrected chi connectivity index (χ2v) is 3.49. The van der Waals surface area contributed by atoms with Gasteiger partial charge in [0.2, 0.25) is 0 Å². The lowest BCUT2D eigenvalue weighted by molar-refractivity contribution is 0.189. The van der Waals surface area contributed by atoms with E-state index >= 15 is 0 Å². The van der Waals surface area contributed by atoms with E-state index in [4.69, 9.17) is 0 Å². The van der Waals surface area contributed by atoms with Crippen LogP contribution in [-0.2, 0) is 0 Å². The van der Waals surface area contributed by atoms with Crippen molar-refractivity contribution < 1.29 is 5.11 Å². The van der Waals surface area contributed by atoms with Gasteiger partial charge in [0.05, 0.1) is 6.10 Å². The molecule has 11 heavy (non-hydrogen) atoms. The second-order valence-electron chi connectivity index (χ2n) is 3.49. The zero-order valence-corrected chi connectivity index (χ0v) is 7.35. The van der Waals surface area contributed by atoms with Gasteiger partial charge in [0.25, 0.3) is 0 Å². The highest BCUT2D eigenvalue weighted by atomic mass is 16.3. The molecule has 0 heterocycles. The molecule has 0 aromatic rings. The predicted octanol–water partition coefficient (Wildman–Crippen LogP) is 2.42. The van der Waals surface area contributed by atoms with Crippen LogP contribution in [0.25, 0.3) is 0 Å². The topological polar surface area (TPSA) is 20.2 Å². The maximum Gasteiger partial charge on any atom is 0.0753 e. The van der Waals surface area contributed by atoms with Crippen LogP contribution >= 0.6 is 0 Å². The summed E-state index contributed by atoms with van der Waals surface area (Å²) in [6.07, 6.45) is 2.56. The number of rotatable bonds is 0. The number of aliphatic hydroxyl groups is 1. The highest BCUT2D eigenvalue weighted by Gasteiger charge is 2.17. The third-order valence-electron chi connectivity index (χ3n) is 2.34. The van der Waals surface area contributed by atoms with E-state index in [0.717, 1.165) is 24.8 Å². The molecule has 1 fully saturated rings. The Morgan fingerprint density at radius 1 is 1.55 bits per heavy atom. The van der Waals surface area contributed by atoms with Crippen molar-refractivity contribution in [3.8, 4) is 0 Å². The average molecular weight is 152 g/mol. The monoisotopic (exact) mass is 152 g/mol. The molecule has 1 N–H and O–H groups in total. The van der Waals surface area contributed by atoms with Gasteiger partial charge < -0.3 is 5.11 Å². The van der Waals surface area contributed by atoms with Crippen LogP contribution in [0.4, 0.5) is 0 Å². The smallest absolute Gasteiger partial charge is 0.0753 e.